The zero-order chi connectivity index (χ0) is 7.44. The van der Waals surface area contributed by atoms with Crippen molar-refractivity contribution in [1.29, 1.82) is 0 Å². The molecule has 0 aliphatic carbocycles. The number of hydrogen-bond acceptors (Lipinski definition) is 1. The van der Waals surface area contributed by atoms with Crippen LogP contribution < -0.4 is 0 Å². The van der Waals surface area contributed by atoms with Crippen LogP contribution in [0.5, 0.6) is 0 Å². The van der Waals surface area contributed by atoms with E-state index < -0.39 is 0 Å². The molecule has 0 atom stereocenters. The van der Waals surface area contributed by atoms with Crippen LogP contribution in [0.2, 0.25) is 0 Å². The zero-order valence-corrected chi connectivity index (χ0v) is 8.44. The van der Waals surface area contributed by atoms with Crippen molar-refractivity contribution in [3.63, 3.8) is 0 Å². The van der Waals surface area contributed by atoms with Gasteiger partial charge in [-0.1, -0.05) is 0 Å². The molecular weight excluding hydrogens is 175 g/mol. The fourth-order valence-electron chi connectivity index (χ4n) is 0.600. The van der Waals surface area contributed by atoms with E-state index in [1.54, 1.807) is 16.7 Å². The van der Waals surface area contributed by atoms with Crippen LogP contribution in [0.15, 0.2) is 3.95 Å². The normalized spacial score (nSPS) is 8.56. The van der Waals surface area contributed by atoms with Crippen molar-refractivity contribution in [1.82, 2.24) is 9.80 Å². The van der Waals surface area contributed by atoms with Gasteiger partial charge in [0.2, 0.25) is 0 Å². The minimum absolute atomic E-state index is 0.981. The zero-order valence-electron chi connectivity index (χ0n) is 6.34. The van der Waals surface area contributed by atoms with Crippen LogP contribution in [0.4, 0.5) is 0 Å². The van der Waals surface area contributed by atoms with Crippen LogP contribution in [-0.2, 0) is 0 Å². The molecule has 0 aromatic heterocycles. The van der Waals surface area contributed by atoms with Gasteiger partial charge in [0, 0.05) is 0 Å². The molecule has 9 heavy (non-hydrogen) atoms. The van der Waals surface area contributed by atoms with E-state index in [0.29, 0.717) is 0 Å². The molecule has 0 rings (SSSR count). The molecule has 0 aromatic carbocycles. The van der Waals surface area contributed by atoms with Crippen LogP contribution in [0, 0.1) is 0 Å². The molecule has 0 saturated carbocycles. The second-order valence-electron chi connectivity index (χ2n) is 2.20. The third-order valence-corrected chi connectivity index (χ3v) is 1.32. The van der Waals surface area contributed by atoms with Crippen molar-refractivity contribution in [2.45, 2.75) is 0 Å². The van der Waals surface area contributed by atoms with Gasteiger partial charge >= 0.3 is 64.6 Å². The predicted octanol–water partition coefficient (Wildman–Crippen LogP) is -0.451. The molecular formula is C5H12GeN3. The summed E-state index contributed by atoms with van der Waals surface area (Å²) in [5.41, 5.74) is 0. The Morgan fingerprint density at radius 1 is 1.11 bits per heavy atom. The molecule has 0 amide bonds. The Hall–Kier alpha value is -0.187. The van der Waals surface area contributed by atoms with E-state index in [0.717, 1.165) is 5.96 Å². The summed E-state index contributed by atoms with van der Waals surface area (Å²) in [6.07, 6.45) is 0. The van der Waals surface area contributed by atoms with Crippen molar-refractivity contribution in [3.8, 4) is 0 Å². The molecule has 0 bridgehead atoms. The summed E-state index contributed by atoms with van der Waals surface area (Å²) in [4.78, 5) is 3.94. The Bertz CT molecular complexity index is 98.8. The molecule has 0 unspecified atom stereocenters. The molecule has 0 N–H and O–H groups in total. The first kappa shape index (κ1) is 8.81. The fraction of sp³-hybridized carbons (Fsp3) is 0.800. The van der Waals surface area contributed by atoms with Crippen LogP contribution in [0.25, 0.3) is 0 Å². The van der Waals surface area contributed by atoms with E-state index in [1.807, 2.05) is 38.0 Å². The SMILES string of the molecule is CN(C)C(=[N][Ge])N(C)C. The standard InChI is InChI=1S/C5H12GeN3/c1-8(2)5(7-6)9(3)4/h1-4H3. The number of rotatable bonds is 0. The molecule has 3 radical (unpaired) electrons. The summed E-state index contributed by atoms with van der Waals surface area (Å²) in [5, 5.41) is 0. The molecule has 0 saturated heterocycles. The first-order chi connectivity index (χ1) is 4.09. The van der Waals surface area contributed by atoms with Crippen molar-refractivity contribution >= 4 is 22.7 Å². The number of hydrogen-bond donors (Lipinski definition) is 0. The first-order valence-electron chi connectivity index (χ1n) is 2.68. The third kappa shape index (κ3) is 2.74. The van der Waals surface area contributed by atoms with Crippen molar-refractivity contribution in [2.75, 3.05) is 28.2 Å². The topological polar surface area (TPSA) is 18.8 Å². The molecule has 3 nitrogen and oxygen atoms in total. The van der Waals surface area contributed by atoms with Gasteiger partial charge < -0.3 is 0 Å². The van der Waals surface area contributed by atoms with Crippen molar-refractivity contribution < 1.29 is 0 Å². The first-order valence-corrected chi connectivity index (χ1v) is 3.62. The summed E-state index contributed by atoms with van der Waals surface area (Å²) >= 11 is 1.79. The number of nitrogens with zero attached hydrogens (tertiary/aromatic N) is 3. The summed E-state index contributed by atoms with van der Waals surface area (Å²) in [6.45, 7) is 0. The molecule has 0 fully saturated rings. The van der Waals surface area contributed by atoms with Gasteiger partial charge in [0.15, 0.2) is 0 Å². The molecule has 0 spiro atoms. The molecule has 0 aromatic rings. The quantitative estimate of drug-likeness (QED) is 0.290. The van der Waals surface area contributed by atoms with E-state index in [-0.39, 0.29) is 0 Å². The van der Waals surface area contributed by atoms with Crippen LogP contribution in [0.3, 0.4) is 0 Å². The van der Waals surface area contributed by atoms with E-state index in [1.165, 1.54) is 0 Å². The molecule has 0 aliphatic heterocycles. The van der Waals surface area contributed by atoms with Gasteiger partial charge in [-0.05, 0) is 0 Å². The summed E-state index contributed by atoms with van der Waals surface area (Å²) in [5.74, 6) is 0.981. The maximum atomic E-state index is 4.06. The summed E-state index contributed by atoms with van der Waals surface area (Å²) in [7, 11) is 7.90. The van der Waals surface area contributed by atoms with Crippen LogP contribution in [-0.4, -0.2) is 60.7 Å². The van der Waals surface area contributed by atoms with Gasteiger partial charge in [-0.25, -0.2) is 0 Å². The van der Waals surface area contributed by atoms with Gasteiger partial charge in [0.1, 0.15) is 0 Å². The van der Waals surface area contributed by atoms with Crippen LogP contribution in [0.1, 0.15) is 0 Å². The van der Waals surface area contributed by atoms with Gasteiger partial charge in [0.25, 0.3) is 0 Å². The average Bonchev–Trinajstić information content (AvgIpc) is 1.64. The fourth-order valence-corrected chi connectivity index (χ4v) is 1.44. The summed E-state index contributed by atoms with van der Waals surface area (Å²) in [6, 6.07) is 0. The number of guanidine groups is 1. The van der Waals surface area contributed by atoms with Crippen molar-refractivity contribution in [3.05, 3.63) is 0 Å². The van der Waals surface area contributed by atoms with Gasteiger partial charge in [-0.15, -0.1) is 0 Å². The van der Waals surface area contributed by atoms with E-state index in [9.17, 15) is 0 Å². The van der Waals surface area contributed by atoms with E-state index in [2.05, 4.69) is 3.95 Å². The van der Waals surface area contributed by atoms with E-state index in [4.69, 9.17) is 0 Å². The second-order valence-corrected chi connectivity index (χ2v) is 2.67. The molecule has 4 heteroatoms. The predicted molar refractivity (Wildman–Crippen MR) is 40.6 cm³/mol. The van der Waals surface area contributed by atoms with Gasteiger partial charge in [-0.2, -0.15) is 0 Å². The Labute approximate surface area is 65.2 Å². The monoisotopic (exact) mass is 188 g/mol. The van der Waals surface area contributed by atoms with Gasteiger partial charge in [-0.3, -0.25) is 0 Å². The van der Waals surface area contributed by atoms with Gasteiger partial charge in [0.05, 0.1) is 0 Å². The Morgan fingerprint density at radius 2 is 1.44 bits per heavy atom. The second kappa shape index (κ2) is 3.77. The minimum atomic E-state index is 0.981. The third-order valence-electron chi connectivity index (χ3n) is 0.900. The Balaban J connectivity index is 4.01. The van der Waals surface area contributed by atoms with Crippen LogP contribution >= 0.6 is 0 Å². The Morgan fingerprint density at radius 3 is 1.44 bits per heavy atom. The maximum absolute atomic E-state index is 4.06. The molecule has 51 valence electrons. The van der Waals surface area contributed by atoms with E-state index >= 15 is 0 Å². The molecule has 0 heterocycles. The molecule has 0 aliphatic rings. The van der Waals surface area contributed by atoms with Crippen molar-refractivity contribution in [2.24, 2.45) is 3.95 Å². The summed E-state index contributed by atoms with van der Waals surface area (Å²) < 4.78 is 4.06. The Kier molecular flexibility index (Phi) is 3.69. The average molecular weight is 187 g/mol.